The van der Waals surface area contributed by atoms with Crippen LogP contribution >= 0.6 is 0 Å². The summed E-state index contributed by atoms with van der Waals surface area (Å²) < 4.78 is 14.8. The lowest BCUT2D eigenvalue weighted by atomic mass is 10.1. The van der Waals surface area contributed by atoms with Crippen molar-refractivity contribution in [2.24, 2.45) is 11.8 Å². The molecule has 0 radical (unpaired) electrons. The zero-order valence-corrected chi connectivity index (χ0v) is 13.0. The maximum absolute atomic E-state index is 13.2. The van der Waals surface area contributed by atoms with E-state index >= 15 is 0 Å². The standard InChI is InChI=1S/C16H22FN3O/c1-11(2)7-20(8-12(3)4)16(21)14-10-19-9-13(17)5-6-15(19)18-14/h5-6,9-12H,7-8H2,1-4H3. The molecule has 114 valence electrons. The molecule has 0 aliphatic rings. The molecule has 0 unspecified atom stereocenters. The Morgan fingerprint density at radius 2 is 1.81 bits per heavy atom. The highest BCUT2D eigenvalue weighted by atomic mass is 19.1. The molecule has 0 saturated heterocycles. The van der Waals surface area contributed by atoms with Crippen molar-refractivity contribution < 1.29 is 9.18 Å². The molecule has 0 bridgehead atoms. The summed E-state index contributed by atoms with van der Waals surface area (Å²) in [4.78, 5) is 18.7. The van der Waals surface area contributed by atoms with Crippen LogP contribution in [-0.2, 0) is 0 Å². The predicted octanol–water partition coefficient (Wildman–Crippen LogP) is 3.23. The van der Waals surface area contributed by atoms with Gasteiger partial charge >= 0.3 is 0 Å². The summed E-state index contributed by atoms with van der Waals surface area (Å²) in [6.45, 7) is 9.72. The van der Waals surface area contributed by atoms with Gasteiger partial charge in [-0.15, -0.1) is 0 Å². The van der Waals surface area contributed by atoms with E-state index in [0.717, 1.165) is 0 Å². The van der Waals surface area contributed by atoms with Gasteiger partial charge < -0.3 is 9.30 Å². The molecule has 0 aromatic carbocycles. The second-order valence-corrected chi connectivity index (χ2v) is 6.24. The summed E-state index contributed by atoms with van der Waals surface area (Å²) in [7, 11) is 0. The average Bonchev–Trinajstić information content (AvgIpc) is 2.78. The normalized spacial score (nSPS) is 11.6. The predicted molar refractivity (Wildman–Crippen MR) is 80.7 cm³/mol. The van der Waals surface area contributed by atoms with Crippen molar-refractivity contribution in [1.82, 2.24) is 14.3 Å². The average molecular weight is 291 g/mol. The van der Waals surface area contributed by atoms with E-state index in [2.05, 4.69) is 32.7 Å². The molecule has 4 nitrogen and oxygen atoms in total. The lowest BCUT2D eigenvalue weighted by Crippen LogP contribution is -2.37. The minimum absolute atomic E-state index is 0.0958. The van der Waals surface area contributed by atoms with Crippen LogP contribution in [0.5, 0.6) is 0 Å². The second-order valence-electron chi connectivity index (χ2n) is 6.24. The van der Waals surface area contributed by atoms with Crippen molar-refractivity contribution in [3.63, 3.8) is 0 Å². The van der Waals surface area contributed by atoms with Gasteiger partial charge in [0.05, 0.1) is 0 Å². The number of hydrogen-bond acceptors (Lipinski definition) is 2. The molecule has 2 heterocycles. The lowest BCUT2D eigenvalue weighted by molar-refractivity contribution is 0.0710. The SMILES string of the molecule is CC(C)CN(CC(C)C)C(=O)c1cn2cc(F)ccc2n1. The first kappa shape index (κ1) is 15.5. The number of halogens is 1. The van der Waals surface area contributed by atoms with Gasteiger partial charge in [-0.2, -0.15) is 0 Å². The zero-order valence-electron chi connectivity index (χ0n) is 13.0. The molecule has 0 fully saturated rings. The van der Waals surface area contributed by atoms with Gasteiger partial charge in [0.1, 0.15) is 17.2 Å². The van der Waals surface area contributed by atoms with Crippen molar-refractivity contribution in [3.05, 3.63) is 36.0 Å². The Morgan fingerprint density at radius 1 is 1.19 bits per heavy atom. The largest absolute Gasteiger partial charge is 0.337 e. The van der Waals surface area contributed by atoms with Crippen molar-refractivity contribution in [2.75, 3.05) is 13.1 Å². The Morgan fingerprint density at radius 3 is 2.38 bits per heavy atom. The molecular formula is C16H22FN3O. The Bertz CT molecular complexity index is 623. The van der Waals surface area contributed by atoms with Crippen LogP contribution in [0.1, 0.15) is 38.2 Å². The second kappa shape index (κ2) is 6.24. The van der Waals surface area contributed by atoms with Gasteiger partial charge in [0.15, 0.2) is 0 Å². The molecule has 2 aromatic rings. The summed E-state index contributed by atoms with van der Waals surface area (Å²) in [6.07, 6.45) is 2.92. The third-order valence-electron chi connectivity index (χ3n) is 3.09. The first-order valence-electron chi connectivity index (χ1n) is 7.30. The number of aromatic nitrogens is 2. The minimum Gasteiger partial charge on any atom is -0.337 e. The highest BCUT2D eigenvalue weighted by Crippen LogP contribution is 2.12. The molecule has 2 rings (SSSR count). The summed E-state index contributed by atoms with van der Waals surface area (Å²) in [5, 5.41) is 0. The molecule has 21 heavy (non-hydrogen) atoms. The Hall–Kier alpha value is -1.91. The molecule has 1 amide bonds. The maximum atomic E-state index is 13.2. The Labute approximate surface area is 124 Å². The fraction of sp³-hybridized carbons (Fsp3) is 0.500. The zero-order chi connectivity index (χ0) is 15.6. The summed E-state index contributed by atoms with van der Waals surface area (Å²) in [6, 6.07) is 2.91. The number of carbonyl (C=O) groups is 1. The Kier molecular flexibility index (Phi) is 4.60. The maximum Gasteiger partial charge on any atom is 0.274 e. The third kappa shape index (κ3) is 3.80. The number of nitrogens with zero attached hydrogens (tertiary/aromatic N) is 3. The van der Waals surface area contributed by atoms with E-state index in [-0.39, 0.29) is 11.7 Å². The number of rotatable bonds is 5. The highest BCUT2D eigenvalue weighted by molar-refractivity contribution is 5.93. The number of hydrogen-bond donors (Lipinski definition) is 0. The van der Waals surface area contributed by atoms with Gasteiger partial charge in [0.25, 0.3) is 5.91 Å². The van der Waals surface area contributed by atoms with Crippen LogP contribution in [0.2, 0.25) is 0 Å². The van der Waals surface area contributed by atoms with Crippen molar-refractivity contribution >= 4 is 11.6 Å². The van der Waals surface area contributed by atoms with Gasteiger partial charge in [-0.3, -0.25) is 4.79 Å². The topological polar surface area (TPSA) is 37.6 Å². The van der Waals surface area contributed by atoms with Crippen LogP contribution < -0.4 is 0 Å². The molecule has 5 heteroatoms. The van der Waals surface area contributed by atoms with Gasteiger partial charge in [0.2, 0.25) is 0 Å². The van der Waals surface area contributed by atoms with Gasteiger partial charge in [-0.1, -0.05) is 27.7 Å². The number of imidazole rings is 1. The molecule has 0 aliphatic heterocycles. The summed E-state index contributed by atoms with van der Waals surface area (Å²) >= 11 is 0. The number of carbonyl (C=O) groups excluding carboxylic acids is 1. The molecule has 0 saturated carbocycles. The highest BCUT2D eigenvalue weighted by Gasteiger charge is 2.20. The molecule has 0 N–H and O–H groups in total. The third-order valence-corrected chi connectivity index (χ3v) is 3.09. The van der Waals surface area contributed by atoms with Crippen LogP contribution in [0.4, 0.5) is 4.39 Å². The quantitative estimate of drug-likeness (QED) is 0.848. The van der Waals surface area contributed by atoms with Gasteiger partial charge in [-0.05, 0) is 24.0 Å². The molecule has 0 atom stereocenters. The lowest BCUT2D eigenvalue weighted by Gasteiger charge is -2.25. The fourth-order valence-electron chi connectivity index (χ4n) is 2.35. The molecule has 0 spiro atoms. The van der Waals surface area contributed by atoms with E-state index in [1.807, 2.05) is 4.90 Å². The van der Waals surface area contributed by atoms with Crippen LogP contribution in [0, 0.1) is 17.7 Å². The van der Waals surface area contributed by atoms with Gasteiger partial charge in [-0.25, -0.2) is 9.37 Å². The van der Waals surface area contributed by atoms with E-state index in [9.17, 15) is 9.18 Å². The number of amides is 1. The van der Waals surface area contributed by atoms with E-state index in [0.29, 0.717) is 36.3 Å². The summed E-state index contributed by atoms with van der Waals surface area (Å²) in [5.74, 6) is 0.339. The van der Waals surface area contributed by atoms with Crippen LogP contribution in [-0.4, -0.2) is 33.3 Å². The first-order chi connectivity index (χ1) is 9.86. The fourth-order valence-corrected chi connectivity index (χ4v) is 2.35. The van der Waals surface area contributed by atoms with Crippen molar-refractivity contribution in [2.45, 2.75) is 27.7 Å². The Balaban J connectivity index is 2.28. The first-order valence-corrected chi connectivity index (χ1v) is 7.30. The van der Waals surface area contributed by atoms with E-state index in [4.69, 9.17) is 0 Å². The minimum atomic E-state index is -0.347. The van der Waals surface area contributed by atoms with E-state index < -0.39 is 0 Å². The molecule has 0 aliphatic carbocycles. The van der Waals surface area contributed by atoms with Crippen LogP contribution in [0.15, 0.2) is 24.5 Å². The van der Waals surface area contributed by atoms with Crippen molar-refractivity contribution in [3.8, 4) is 0 Å². The van der Waals surface area contributed by atoms with Crippen LogP contribution in [0.3, 0.4) is 0 Å². The van der Waals surface area contributed by atoms with Crippen LogP contribution in [0.25, 0.3) is 5.65 Å². The molecular weight excluding hydrogens is 269 g/mol. The van der Waals surface area contributed by atoms with Crippen molar-refractivity contribution in [1.29, 1.82) is 0 Å². The van der Waals surface area contributed by atoms with E-state index in [1.165, 1.54) is 12.3 Å². The smallest absolute Gasteiger partial charge is 0.274 e. The number of pyridine rings is 1. The number of fused-ring (bicyclic) bond motifs is 1. The summed E-state index contributed by atoms with van der Waals surface area (Å²) in [5.41, 5.74) is 0.940. The molecule has 2 aromatic heterocycles. The van der Waals surface area contributed by atoms with Gasteiger partial charge in [0, 0.05) is 25.5 Å². The van der Waals surface area contributed by atoms with E-state index in [1.54, 1.807) is 16.7 Å². The monoisotopic (exact) mass is 291 g/mol.